The normalized spacial score (nSPS) is 48.9. The van der Waals surface area contributed by atoms with Crippen LogP contribution in [0.5, 0.6) is 0 Å². The lowest BCUT2D eigenvalue weighted by molar-refractivity contribution is -0.129. The molecule has 1 amide bonds. The molecule has 0 bridgehead atoms. The number of nitrogens with two attached hydrogens (primary N) is 1. The zero-order valence-electron chi connectivity index (χ0n) is 18.3. The maximum Gasteiger partial charge on any atom is 0.233 e. The molecule has 4 saturated carbocycles. The molecule has 4 aliphatic rings. The summed E-state index contributed by atoms with van der Waals surface area (Å²) >= 11 is 0. The molecule has 0 aliphatic heterocycles. The maximum absolute atomic E-state index is 11.6. The van der Waals surface area contributed by atoms with E-state index in [1.165, 1.54) is 44.9 Å². The van der Waals surface area contributed by atoms with E-state index in [4.69, 9.17) is 5.84 Å². The van der Waals surface area contributed by atoms with Gasteiger partial charge in [-0.05, 0) is 111 Å². The van der Waals surface area contributed by atoms with Crippen molar-refractivity contribution in [1.82, 2.24) is 5.43 Å². The number of fused-ring (bicyclic) bond motifs is 5. The first kappa shape index (κ1) is 20.7. The lowest BCUT2D eigenvalue weighted by atomic mass is 9.44. The molecule has 9 atom stereocenters. The van der Waals surface area contributed by atoms with Gasteiger partial charge < -0.3 is 5.11 Å². The minimum atomic E-state index is -0.0501. The summed E-state index contributed by atoms with van der Waals surface area (Å²) in [5.41, 5.74) is 3.21. The average molecular weight is 391 g/mol. The van der Waals surface area contributed by atoms with Gasteiger partial charge in [-0.3, -0.25) is 10.2 Å². The largest absolute Gasteiger partial charge is 0.393 e. The molecule has 0 aromatic rings. The predicted molar refractivity (Wildman–Crippen MR) is 112 cm³/mol. The van der Waals surface area contributed by atoms with Gasteiger partial charge in [0.05, 0.1) is 6.10 Å². The summed E-state index contributed by atoms with van der Waals surface area (Å²) in [5.74, 6) is 9.97. The molecule has 0 unspecified atom stereocenters. The van der Waals surface area contributed by atoms with Gasteiger partial charge in [0, 0.05) is 6.42 Å². The van der Waals surface area contributed by atoms with Crippen molar-refractivity contribution >= 4 is 5.91 Å². The van der Waals surface area contributed by atoms with E-state index in [-0.39, 0.29) is 12.0 Å². The number of carbonyl (C=O) groups excluding carboxylic acids is 1. The van der Waals surface area contributed by atoms with E-state index in [1.807, 2.05) is 0 Å². The van der Waals surface area contributed by atoms with Gasteiger partial charge in [-0.1, -0.05) is 20.8 Å². The molecule has 4 fully saturated rings. The van der Waals surface area contributed by atoms with Crippen LogP contribution in [0.15, 0.2) is 0 Å². The molecule has 0 radical (unpaired) electrons. The first-order valence-corrected chi connectivity index (χ1v) is 12.0. The minimum absolute atomic E-state index is 0.0269. The van der Waals surface area contributed by atoms with Crippen LogP contribution in [-0.2, 0) is 4.79 Å². The zero-order valence-corrected chi connectivity index (χ0v) is 18.3. The summed E-state index contributed by atoms with van der Waals surface area (Å²) in [6.07, 6.45) is 13.0. The fourth-order valence-electron chi connectivity index (χ4n) is 8.84. The highest BCUT2D eigenvalue weighted by Crippen LogP contribution is 2.68. The smallest absolute Gasteiger partial charge is 0.233 e. The third-order valence-electron chi connectivity index (χ3n) is 10.4. The van der Waals surface area contributed by atoms with Crippen LogP contribution in [0.2, 0.25) is 0 Å². The Morgan fingerprint density at radius 1 is 1.07 bits per heavy atom. The Morgan fingerprint density at radius 3 is 2.54 bits per heavy atom. The van der Waals surface area contributed by atoms with Gasteiger partial charge in [0.2, 0.25) is 5.91 Å². The van der Waals surface area contributed by atoms with E-state index in [9.17, 15) is 9.90 Å². The Kier molecular flexibility index (Phi) is 5.59. The Labute approximate surface area is 171 Å². The molecule has 0 spiro atoms. The Hall–Kier alpha value is -0.610. The Balaban J connectivity index is 1.48. The molecule has 0 aromatic heterocycles. The molecule has 0 aromatic carbocycles. The molecule has 0 saturated heterocycles. The van der Waals surface area contributed by atoms with Crippen LogP contribution < -0.4 is 11.3 Å². The number of hydrogen-bond donors (Lipinski definition) is 3. The van der Waals surface area contributed by atoms with Gasteiger partial charge in [-0.25, -0.2) is 5.84 Å². The Morgan fingerprint density at radius 2 is 1.79 bits per heavy atom. The number of hydrazine groups is 1. The van der Waals surface area contributed by atoms with Crippen LogP contribution in [0.4, 0.5) is 0 Å². The van der Waals surface area contributed by atoms with Gasteiger partial charge in [0.15, 0.2) is 0 Å². The summed E-state index contributed by atoms with van der Waals surface area (Å²) in [6, 6.07) is 0. The molecule has 28 heavy (non-hydrogen) atoms. The van der Waals surface area contributed by atoms with Gasteiger partial charge in [0.1, 0.15) is 0 Å². The maximum atomic E-state index is 11.6. The van der Waals surface area contributed by atoms with Crippen LogP contribution in [0.25, 0.3) is 0 Å². The number of amides is 1. The minimum Gasteiger partial charge on any atom is -0.393 e. The van der Waals surface area contributed by atoms with Crippen molar-refractivity contribution in [3.8, 4) is 0 Å². The summed E-state index contributed by atoms with van der Waals surface area (Å²) in [5, 5.41) is 10.2. The highest BCUT2D eigenvalue weighted by molar-refractivity contribution is 5.75. The molecule has 4 heteroatoms. The van der Waals surface area contributed by atoms with Crippen LogP contribution >= 0.6 is 0 Å². The second kappa shape index (κ2) is 7.58. The molecule has 4 aliphatic carbocycles. The second-order valence-corrected chi connectivity index (χ2v) is 11.4. The number of nitrogens with one attached hydrogen (secondary N) is 1. The summed E-state index contributed by atoms with van der Waals surface area (Å²) in [4.78, 5) is 11.6. The zero-order chi connectivity index (χ0) is 20.1. The summed E-state index contributed by atoms with van der Waals surface area (Å²) in [6.45, 7) is 7.53. The van der Waals surface area contributed by atoms with Crippen LogP contribution in [-0.4, -0.2) is 17.1 Å². The van der Waals surface area contributed by atoms with E-state index in [0.717, 1.165) is 48.9 Å². The van der Waals surface area contributed by atoms with Crippen molar-refractivity contribution in [2.45, 2.75) is 97.5 Å². The first-order valence-electron chi connectivity index (χ1n) is 12.0. The number of aliphatic hydroxyl groups excluding tert-OH is 1. The quantitative estimate of drug-likeness (QED) is 0.378. The molecule has 4 rings (SSSR count). The number of aliphatic hydroxyl groups is 1. The van der Waals surface area contributed by atoms with Gasteiger partial charge >= 0.3 is 0 Å². The number of carbonyl (C=O) groups is 1. The standard InChI is InChI=1S/C24H42N2O2/c1-15(4-9-22(28)26-25)19-7-8-20-18-6-5-16-14-17(27)10-12-23(16,2)21(18)11-13-24(19,20)3/h15-21,27H,4-14,25H2,1-3H3,(H,26,28)/t15-,16+,17+,18-,19+,20-,21-,23-,24+/m0/s1. The van der Waals surface area contributed by atoms with Gasteiger partial charge in [-0.15, -0.1) is 0 Å². The van der Waals surface area contributed by atoms with Gasteiger partial charge in [-0.2, -0.15) is 0 Å². The monoisotopic (exact) mass is 390 g/mol. The van der Waals surface area contributed by atoms with E-state index in [0.29, 0.717) is 23.2 Å². The third-order valence-corrected chi connectivity index (χ3v) is 10.4. The van der Waals surface area contributed by atoms with Crippen LogP contribution in [0.1, 0.15) is 91.4 Å². The van der Waals surface area contributed by atoms with E-state index in [2.05, 4.69) is 26.2 Å². The average Bonchev–Trinajstić information content (AvgIpc) is 3.03. The van der Waals surface area contributed by atoms with Crippen molar-refractivity contribution < 1.29 is 9.90 Å². The van der Waals surface area contributed by atoms with Crippen molar-refractivity contribution in [3.05, 3.63) is 0 Å². The summed E-state index contributed by atoms with van der Waals surface area (Å²) < 4.78 is 0. The molecular weight excluding hydrogens is 348 g/mol. The second-order valence-electron chi connectivity index (χ2n) is 11.4. The lowest BCUT2D eigenvalue weighted by Crippen LogP contribution is -2.54. The molecular formula is C24H42N2O2. The molecule has 160 valence electrons. The van der Waals surface area contributed by atoms with Crippen LogP contribution in [0, 0.1) is 46.3 Å². The van der Waals surface area contributed by atoms with E-state index < -0.39 is 0 Å². The molecule has 4 N–H and O–H groups in total. The fourth-order valence-corrected chi connectivity index (χ4v) is 8.84. The SMILES string of the molecule is C[C@@H](CCC(=O)NN)[C@H]1CC[C@H]2[C@@H]3CC[C@@H]4C[C@H](O)CC[C@]4(C)[C@H]3CC[C@]12C. The highest BCUT2D eigenvalue weighted by atomic mass is 16.3. The Bertz CT molecular complexity index is 595. The number of hydrogen-bond acceptors (Lipinski definition) is 3. The lowest BCUT2D eigenvalue weighted by Gasteiger charge is -2.61. The summed E-state index contributed by atoms with van der Waals surface area (Å²) in [7, 11) is 0. The van der Waals surface area contributed by atoms with Crippen molar-refractivity contribution in [1.29, 1.82) is 0 Å². The van der Waals surface area contributed by atoms with Crippen molar-refractivity contribution in [2.75, 3.05) is 0 Å². The third kappa shape index (κ3) is 3.23. The predicted octanol–water partition coefficient (Wildman–Crippen LogP) is 4.41. The van der Waals surface area contributed by atoms with Gasteiger partial charge in [0.25, 0.3) is 0 Å². The first-order chi connectivity index (χ1) is 13.3. The van der Waals surface area contributed by atoms with E-state index in [1.54, 1.807) is 0 Å². The topological polar surface area (TPSA) is 75.4 Å². The highest BCUT2D eigenvalue weighted by Gasteiger charge is 2.60. The molecule has 0 heterocycles. The van der Waals surface area contributed by atoms with Crippen molar-refractivity contribution in [2.24, 2.45) is 52.2 Å². The van der Waals surface area contributed by atoms with Crippen molar-refractivity contribution in [3.63, 3.8) is 0 Å². The fraction of sp³-hybridized carbons (Fsp3) is 0.958. The number of rotatable bonds is 4. The van der Waals surface area contributed by atoms with E-state index >= 15 is 0 Å². The van der Waals surface area contributed by atoms with Crippen LogP contribution in [0.3, 0.4) is 0 Å². The molecule has 4 nitrogen and oxygen atoms in total.